The van der Waals surface area contributed by atoms with E-state index in [1.165, 1.54) is 0 Å². The fourth-order valence-electron chi connectivity index (χ4n) is 1.71. The lowest BCUT2D eigenvalue weighted by atomic mass is 10.1. The Kier molecular flexibility index (Phi) is 7.09. The number of hydrogen-bond donors (Lipinski definition) is 2. The molecule has 1 rings (SSSR count). The van der Waals surface area contributed by atoms with Gasteiger partial charge in [-0.3, -0.25) is 0 Å². The second kappa shape index (κ2) is 8.35. The van der Waals surface area contributed by atoms with Crippen molar-refractivity contribution in [3.63, 3.8) is 0 Å². The zero-order chi connectivity index (χ0) is 13.4. The summed E-state index contributed by atoms with van der Waals surface area (Å²) in [5.41, 5.74) is 1.06. The predicted molar refractivity (Wildman–Crippen MR) is 75.4 cm³/mol. The highest BCUT2D eigenvalue weighted by atomic mass is 35.5. The van der Waals surface area contributed by atoms with E-state index in [4.69, 9.17) is 21.4 Å². The molecular formula is C14H22ClNO2. The molecule has 1 atom stereocenters. The minimum Gasteiger partial charge on any atom is -0.493 e. The van der Waals surface area contributed by atoms with Gasteiger partial charge in [-0.05, 0) is 38.1 Å². The third-order valence-electron chi connectivity index (χ3n) is 2.70. The lowest BCUT2D eigenvalue weighted by molar-refractivity contribution is 0.232. The lowest BCUT2D eigenvalue weighted by Gasteiger charge is -2.18. The first-order valence-electron chi connectivity index (χ1n) is 6.45. The Balaban J connectivity index is 2.75. The molecule has 0 aliphatic heterocycles. The van der Waals surface area contributed by atoms with E-state index in [0.717, 1.165) is 24.3 Å². The van der Waals surface area contributed by atoms with Gasteiger partial charge in [0.25, 0.3) is 0 Å². The second-order valence-corrected chi connectivity index (χ2v) is 4.72. The van der Waals surface area contributed by atoms with Crippen molar-refractivity contribution in [2.45, 2.75) is 32.7 Å². The summed E-state index contributed by atoms with van der Waals surface area (Å²) in [6, 6.07) is 5.85. The molecule has 1 aromatic carbocycles. The summed E-state index contributed by atoms with van der Waals surface area (Å²) in [6.45, 7) is 5.86. The van der Waals surface area contributed by atoms with Gasteiger partial charge in [-0.25, -0.2) is 0 Å². The second-order valence-electron chi connectivity index (χ2n) is 4.28. The van der Waals surface area contributed by atoms with Gasteiger partial charge in [0.1, 0.15) is 5.75 Å². The van der Waals surface area contributed by atoms with Gasteiger partial charge in [-0.15, -0.1) is 0 Å². The van der Waals surface area contributed by atoms with Crippen LogP contribution in [-0.4, -0.2) is 24.9 Å². The Labute approximate surface area is 114 Å². The molecular weight excluding hydrogens is 250 g/mol. The smallest absolute Gasteiger partial charge is 0.124 e. The summed E-state index contributed by atoms with van der Waals surface area (Å²) in [6.07, 6.45) is 1.73. The number of benzene rings is 1. The van der Waals surface area contributed by atoms with Crippen molar-refractivity contribution in [2.24, 2.45) is 0 Å². The molecule has 1 aromatic rings. The topological polar surface area (TPSA) is 41.5 Å². The molecule has 3 nitrogen and oxygen atoms in total. The normalized spacial score (nSPS) is 12.4. The third kappa shape index (κ3) is 4.84. The van der Waals surface area contributed by atoms with Crippen molar-refractivity contribution in [1.29, 1.82) is 0 Å². The molecule has 0 heterocycles. The molecule has 0 radical (unpaired) electrons. The largest absolute Gasteiger partial charge is 0.493 e. The number of nitrogens with one attached hydrogen (secondary N) is 1. The van der Waals surface area contributed by atoms with Crippen LogP contribution >= 0.6 is 11.6 Å². The van der Waals surface area contributed by atoms with Crippen LogP contribution in [0.15, 0.2) is 18.2 Å². The monoisotopic (exact) mass is 271 g/mol. The zero-order valence-corrected chi connectivity index (χ0v) is 11.8. The van der Waals surface area contributed by atoms with Crippen molar-refractivity contribution in [2.75, 3.05) is 19.8 Å². The van der Waals surface area contributed by atoms with Crippen molar-refractivity contribution < 1.29 is 9.84 Å². The fourth-order valence-corrected chi connectivity index (χ4v) is 1.89. The highest BCUT2D eigenvalue weighted by Gasteiger charge is 2.11. The van der Waals surface area contributed by atoms with Gasteiger partial charge >= 0.3 is 0 Å². The van der Waals surface area contributed by atoms with Crippen molar-refractivity contribution in [3.8, 4) is 5.75 Å². The van der Waals surface area contributed by atoms with Gasteiger partial charge in [0.2, 0.25) is 0 Å². The maximum absolute atomic E-state index is 8.77. The first kappa shape index (κ1) is 15.3. The molecule has 0 aliphatic carbocycles. The molecule has 0 amide bonds. The van der Waals surface area contributed by atoms with Crippen molar-refractivity contribution >= 4 is 11.6 Å². The highest BCUT2D eigenvalue weighted by Crippen LogP contribution is 2.28. The molecule has 0 aliphatic rings. The van der Waals surface area contributed by atoms with Gasteiger partial charge in [-0.2, -0.15) is 0 Å². The summed E-state index contributed by atoms with van der Waals surface area (Å²) >= 11 is 6.03. The quantitative estimate of drug-likeness (QED) is 0.714. The average Bonchev–Trinajstić information content (AvgIpc) is 2.38. The summed E-state index contributed by atoms with van der Waals surface area (Å²) < 4.78 is 5.68. The number of rotatable bonds is 8. The van der Waals surface area contributed by atoms with E-state index in [0.29, 0.717) is 18.1 Å². The molecule has 4 heteroatoms. The maximum Gasteiger partial charge on any atom is 0.124 e. The molecule has 0 saturated carbocycles. The van der Waals surface area contributed by atoms with E-state index >= 15 is 0 Å². The molecule has 0 aromatic heterocycles. The molecule has 102 valence electrons. The van der Waals surface area contributed by atoms with E-state index in [1.54, 1.807) is 0 Å². The maximum atomic E-state index is 8.77. The van der Waals surface area contributed by atoms with Gasteiger partial charge in [-0.1, -0.05) is 18.5 Å². The van der Waals surface area contributed by atoms with Gasteiger partial charge in [0, 0.05) is 29.7 Å². The first-order chi connectivity index (χ1) is 8.69. The van der Waals surface area contributed by atoms with E-state index in [-0.39, 0.29) is 12.6 Å². The van der Waals surface area contributed by atoms with Crippen LogP contribution in [-0.2, 0) is 0 Å². The molecule has 2 N–H and O–H groups in total. The summed E-state index contributed by atoms with van der Waals surface area (Å²) in [4.78, 5) is 0. The zero-order valence-electron chi connectivity index (χ0n) is 11.1. The third-order valence-corrected chi connectivity index (χ3v) is 2.93. The Hall–Kier alpha value is -0.770. The molecule has 0 spiro atoms. The van der Waals surface area contributed by atoms with Crippen molar-refractivity contribution in [3.05, 3.63) is 28.8 Å². The molecule has 0 fully saturated rings. The average molecular weight is 272 g/mol. The van der Waals surface area contributed by atoms with Crippen LogP contribution in [0, 0.1) is 0 Å². The Bertz CT molecular complexity index is 358. The van der Waals surface area contributed by atoms with E-state index in [9.17, 15) is 0 Å². The van der Waals surface area contributed by atoms with Crippen LogP contribution in [0.25, 0.3) is 0 Å². The molecule has 0 saturated heterocycles. The highest BCUT2D eigenvalue weighted by molar-refractivity contribution is 6.30. The van der Waals surface area contributed by atoms with Gasteiger partial charge in [0.05, 0.1) is 6.61 Å². The number of ether oxygens (including phenoxy) is 1. The van der Waals surface area contributed by atoms with Crippen LogP contribution in [0.1, 0.15) is 38.3 Å². The fraction of sp³-hybridized carbons (Fsp3) is 0.571. The van der Waals surface area contributed by atoms with Crippen LogP contribution in [0.5, 0.6) is 5.75 Å². The van der Waals surface area contributed by atoms with Gasteiger partial charge < -0.3 is 15.2 Å². The minimum atomic E-state index is 0.145. The molecule has 0 bridgehead atoms. The SMILES string of the molecule is CCCNC(C)c1cc(Cl)ccc1OCCCO. The van der Waals surface area contributed by atoms with Crippen LogP contribution < -0.4 is 10.1 Å². The van der Waals surface area contributed by atoms with E-state index < -0.39 is 0 Å². The number of halogens is 1. The molecule has 1 unspecified atom stereocenters. The lowest BCUT2D eigenvalue weighted by Crippen LogP contribution is -2.20. The number of hydrogen-bond acceptors (Lipinski definition) is 3. The first-order valence-corrected chi connectivity index (χ1v) is 6.83. The number of aliphatic hydroxyl groups is 1. The Morgan fingerprint density at radius 2 is 2.22 bits per heavy atom. The summed E-state index contributed by atoms with van der Waals surface area (Å²) in [5, 5.41) is 12.9. The van der Waals surface area contributed by atoms with Crippen LogP contribution in [0.2, 0.25) is 5.02 Å². The van der Waals surface area contributed by atoms with E-state index in [2.05, 4.69) is 19.2 Å². The van der Waals surface area contributed by atoms with Crippen molar-refractivity contribution in [1.82, 2.24) is 5.32 Å². The number of aliphatic hydroxyl groups excluding tert-OH is 1. The standard InChI is InChI=1S/C14H22ClNO2/c1-3-7-16-11(2)13-10-12(15)5-6-14(13)18-9-4-8-17/h5-6,10-11,16-17H,3-4,7-9H2,1-2H3. The van der Waals surface area contributed by atoms with Crippen LogP contribution in [0.3, 0.4) is 0 Å². The Morgan fingerprint density at radius 1 is 1.44 bits per heavy atom. The minimum absolute atomic E-state index is 0.145. The van der Waals surface area contributed by atoms with Crippen LogP contribution in [0.4, 0.5) is 0 Å². The summed E-state index contributed by atoms with van der Waals surface area (Å²) in [5.74, 6) is 0.837. The molecule has 18 heavy (non-hydrogen) atoms. The van der Waals surface area contributed by atoms with E-state index in [1.807, 2.05) is 18.2 Å². The summed E-state index contributed by atoms with van der Waals surface area (Å²) in [7, 11) is 0. The predicted octanol–water partition coefficient (Wildman–Crippen LogP) is 3.16. The Morgan fingerprint density at radius 3 is 2.89 bits per heavy atom. The van der Waals surface area contributed by atoms with Gasteiger partial charge in [0.15, 0.2) is 0 Å².